The summed E-state index contributed by atoms with van der Waals surface area (Å²) in [4.78, 5) is 32.6. The summed E-state index contributed by atoms with van der Waals surface area (Å²) < 4.78 is 40.3. The molecule has 2 aromatic rings. The molecule has 4 aliphatic rings. The van der Waals surface area contributed by atoms with E-state index in [0.717, 1.165) is 31.8 Å². The van der Waals surface area contributed by atoms with E-state index >= 15 is 0 Å². The minimum Gasteiger partial charge on any atom is -0.343 e. The highest BCUT2D eigenvalue weighted by atomic mass is 19.4. The zero-order valence-corrected chi connectivity index (χ0v) is 18.4. The molecule has 0 radical (unpaired) electrons. The van der Waals surface area contributed by atoms with Gasteiger partial charge in [0, 0.05) is 43.7 Å². The Bertz CT molecular complexity index is 1100. The highest BCUT2D eigenvalue weighted by Gasteiger charge is 2.55. The van der Waals surface area contributed by atoms with Gasteiger partial charge in [-0.15, -0.1) is 0 Å². The fraction of sp³-hybridized carbons (Fsp3) is 0.667. The molecule has 4 fully saturated rings. The maximum Gasteiger partial charge on any atom is 0.405 e. The molecule has 3 amide bonds. The number of alkyl halides is 3. The van der Waals surface area contributed by atoms with Crippen molar-refractivity contribution in [1.29, 1.82) is 0 Å². The van der Waals surface area contributed by atoms with Crippen LogP contribution in [0.1, 0.15) is 59.9 Å². The lowest BCUT2D eigenvalue weighted by atomic mass is 9.61. The molecule has 13 heteroatoms. The summed E-state index contributed by atoms with van der Waals surface area (Å²) in [5.41, 5.74) is 0.256. The van der Waals surface area contributed by atoms with Crippen LogP contribution < -0.4 is 5.32 Å². The molecule has 1 N–H and O–H groups in total. The summed E-state index contributed by atoms with van der Waals surface area (Å²) in [5.74, 6) is 0.687. The Morgan fingerprint density at radius 3 is 2.50 bits per heavy atom. The van der Waals surface area contributed by atoms with Crippen LogP contribution in [-0.4, -0.2) is 85.2 Å². The normalized spacial score (nSPS) is 22.3. The number of urea groups is 1. The van der Waals surface area contributed by atoms with Crippen LogP contribution in [0.2, 0.25) is 0 Å². The number of carbonyl (C=O) groups excluding carboxylic acids is 2. The van der Waals surface area contributed by atoms with E-state index in [4.69, 9.17) is 0 Å². The molecule has 0 aromatic carbocycles. The Labute approximate surface area is 193 Å². The zero-order chi connectivity index (χ0) is 23.7. The van der Waals surface area contributed by atoms with Crippen molar-refractivity contribution in [2.24, 2.45) is 5.41 Å². The smallest absolute Gasteiger partial charge is 0.343 e. The van der Waals surface area contributed by atoms with Crippen LogP contribution in [0.15, 0.2) is 18.7 Å². The molecule has 2 saturated heterocycles. The van der Waals surface area contributed by atoms with E-state index in [1.807, 2.05) is 21.2 Å². The first-order valence-electron chi connectivity index (χ1n) is 11.5. The van der Waals surface area contributed by atoms with Gasteiger partial charge in [0.25, 0.3) is 5.91 Å². The lowest BCUT2D eigenvalue weighted by molar-refractivity contribution is -0.123. The molecule has 2 saturated carbocycles. The van der Waals surface area contributed by atoms with Gasteiger partial charge in [0.05, 0.1) is 23.8 Å². The van der Waals surface area contributed by atoms with E-state index in [9.17, 15) is 22.8 Å². The second kappa shape index (κ2) is 7.44. The number of amides is 3. The van der Waals surface area contributed by atoms with E-state index in [1.165, 1.54) is 29.9 Å². The summed E-state index contributed by atoms with van der Waals surface area (Å²) in [7, 11) is 0. The van der Waals surface area contributed by atoms with Crippen molar-refractivity contribution in [1.82, 2.24) is 39.7 Å². The molecular weight excluding hydrogens is 453 g/mol. The standard InChI is InChI=1S/C21H25F3N8O2/c22-21(23,24)9-25-18(33)14-5-27-31(6-14)16-7-29(8-16)19(34)30-10-20(11-30)3-15(4-20)32-12-26-17(28-32)13-1-2-13/h5-6,12-13,15-16H,1-4,7-11H2,(H,25,33). The predicted molar refractivity (Wildman–Crippen MR) is 111 cm³/mol. The van der Waals surface area contributed by atoms with Crippen molar-refractivity contribution >= 4 is 11.9 Å². The Morgan fingerprint density at radius 1 is 1.09 bits per heavy atom. The number of hydrogen-bond donors (Lipinski definition) is 1. The minimum atomic E-state index is -4.47. The third-order valence-corrected chi connectivity index (χ3v) is 7.32. The van der Waals surface area contributed by atoms with Gasteiger partial charge in [-0.1, -0.05) is 0 Å². The first kappa shape index (κ1) is 21.4. The van der Waals surface area contributed by atoms with Crippen LogP contribution >= 0.6 is 0 Å². The summed E-state index contributed by atoms with van der Waals surface area (Å²) >= 11 is 0. The van der Waals surface area contributed by atoms with E-state index < -0.39 is 18.6 Å². The monoisotopic (exact) mass is 478 g/mol. The first-order valence-corrected chi connectivity index (χ1v) is 11.5. The lowest BCUT2D eigenvalue weighted by Gasteiger charge is -2.59. The molecular formula is C21H25F3N8O2. The summed E-state index contributed by atoms with van der Waals surface area (Å²) in [6, 6.07) is 0.273. The van der Waals surface area contributed by atoms with Gasteiger partial charge in [0.15, 0.2) is 5.82 Å². The van der Waals surface area contributed by atoms with Crippen LogP contribution in [0.25, 0.3) is 0 Å². The third kappa shape index (κ3) is 3.90. The molecule has 6 rings (SSSR count). The Hall–Kier alpha value is -3.12. The maximum atomic E-state index is 12.8. The quantitative estimate of drug-likeness (QED) is 0.708. The number of nitrogens with one attached hydrogen (secondary N) is 1. The van der Waals surface area contributed by atoms with Gasteiger partial charge in [-0.25, -0.2) is 14.5 Å². The average Bonchev–Trinajstić information content (AvgIpc) is 3.22. The molecule has 0 bridgehead atoms. The fourth-order valence-corrected chi connectivity index (χ4v) is 5.19. The molecule has 182 valence electrons. The first-order chi connectivity index (χ1) is 16.2. The van der Waals surface area contributed by atoms with Gasteiger partial charge in [-0.3, -0.25) is 9.48 Å². The van der Waals surface area contributed by atoms with E-state index in [1.54, 1.807) is 4.90 Å². The second-order valence-corrected chi connectivity index (χ2v) is 10.1. The van der Waals surface area contributed by atoms with Crippen molar-refractivity contribution in [3.05, 3.63) is 30.1 Å². The largest absolute Gasteiger partial charge is 0.405 e. The van der Waals surface area contributed by atoms with E-state index in [2.05, 4.69) is 15.2 Å². The Morgan fingerprint density at radius 2 is 1.82 bits per heavy atom. The highest BCUT2D eigenvalue weighted by Crippen LogP contribution is 2.54. The highest BCUT2D eigenvalue weighted by molar-refractivity contribution is 5.93. The van der Waals surface area contributed by atoms with Gasteiger partial charge in [0.2, 0.25) is 0 Å². The molecule has 10 nitrogen and oxygen atoms in total. The second-order valence-electron chi connectivity index (χ2n) is 10.1. The van der Waals surface area contributed by atoms with Gasteiger partial charge in [0.1, 0.15) is 12.9 Å². The summed E-state index contributed by atoms with van der Waals surface area (Å²) in [6.45, 7) is 1.03. The van der Waals surface area contributed by atoms with Gasteiger partial charge < -0.3 is 15.1 Å². The number of nitrogens with zero attached hydrogens (tertiary/aromatic N) is 7. The SMILES string of the molecule is O=C(NCC(F)(F)F)c1cnn(C2CN(C(=O)N3CC4(CC(n5cnc(C6CC6)n5)C4)C3)C2)c1. The van der Waals surface area contributed by atoms with Crippen molar-refractivity contribution in [2.75, 3.05) is 32.7 Å². The maximum absolute atomic E-state index is 12.8. The topological polar surface area (TPSA) is 101 Å². The van der Waals surface area contributed by atoms with Crippen LogP contribution in [0.4, 0.5) is 18.0 Å². The summed E-state index contributed by atoms with van der Waals surface area (Å²) in [5, 5.41) is 10.5. The van der Waals surface area contributed by atoms with Crippen LogP contribution in [0.5, 0.6) is 0 Å². The number of likely N-dealkylation sites (tertiary alicyclic amines) is 2. The molecule has 0 unspecified atom stereocenters. The van der Waals surface area contributed by atoms with Crippen LogP contribution in [0, 0.1) is 5.41 Å². The van der Waals surface area contributed by atoms with E-state index in [-0.39, 0.29) is 23.1 Å². The number of hydrogen-bond acceptors (Lipinski definition) is 5. The molecule has 4 heterocycles. The molecule has 2 aliphatic carbocycles. The molecule has 1 spiro atoms. The molecule has 0 atom stereocenters. The number of carbonyl (C=O) groups is 2. The van der Waals surface area contributed by atoms with Gasteiger partial charge in [-0.2, -0.15) is 23.4 Å². The van der Waals surface area contributed by atoms with Crippen molar-refractivity contribution in [2.45, 2.75) is 49.9 Å². The predicted octanol–water partition coefficient (Wildman–Crippen LogP) is 1.96. The Balaban J connectivity index is 0.943. The fourth-order valence-electron chi connectivity index (χ4n) is 5.19. The van der Waals surface area contributed by atoms with Gasteiger partial charge in [-0.05, 0) is 25.7 Å². The van der Waals surface area contributed by atoms with Crippen molar-refractivity contribution in [3.63, 3.8) is 0 Å². The summed E-state index contributed by atoms with van der Waals surface area (Å²) in [6.07, 6.45) is 4.44. The average molecular weight is 478 g/mol. The van der Waals surface area contributed by atoms with E-state index in [0.29, 0.717) is 25.0 Å². The van der Waals surface area contributed by atoms with Gasteiger partial charge >= 0.3 is 12.2 Å². The van der Waals surface area contributed by atoms with Crippen molar-refractivity contribution < 1.29 is 22.8 Å². The zero-order valence-electron chi connectivity index (χ0n) is 18.4. The Kier molecular flexibility index (Phi) is 4.69. The van der Waals surface area contributed by atoms with Crippen molar-refractivity contribution in [3.8, 4) is 0 Å². The number of halogens is 3. The number of rotatable bonds is 5. The molecule has 34 heavy (non-hydrogen) atoms. The minimum absolute atomic E-state index is 0.00241. The van der Waals surface area contributed by atoms with Crippen LogP contribution in [-0.2, 0) is 0 Å². The van der Waals surface area contributed by atoms with Crippen LogP contribution in [0.3, 0.4) is 0 Å². The molecule has 2 aromatic heterocycles. The molecule has 2 aliphatic heterocycles. The number of aromatic nitrogens is 5. The third-order valence-electron chi connectivity index (χ3n) is 7.32. The lowest BCUT2D eigenvalue weighted by Crippen LogP contribution is -2.67.